The van der Waals surface area contributed by atoms with Gasteiger partial charge in [0.05, 0.1) is 6.04 Å². The normalized spacial score (nSPS) is 13.0. The van der Waals surface area contributed by atoms with Crippen molar-refractivity contribution in [3.63, 3.8) is 0 Å². The minimum Gasteiger partial charge on any atom is -0.444 e. The van der Waals surface area contributed by atoms with Crippen LogP contribution in [0.3, 0.4) is 0 Å². The number of thiophene rings is 1. The molecule has 1 amide bonds. The van der Waals surface area contributed by atoms with Crippen molar-refractivity contribution in [2.45, 2.75) is 39.3 Å². The number of hydrogen-bond donors (Lipinski definition) is 0. The molecule has 1 heterocycles. The predicted molar refractivity (Wildman–Crippen MR) is 89.6 cm³/mol. The van der Waals surface area contributed by atoms with Crippen LogP contribution in [-0.2, 0) is 4.74 Å². The van der Waals surface area contributed by atoms with Crippen LogP contribution >= 0.6 is 11.3 Å². The van der Waals surface area contributed by atoms with Gasteiger partial charge in [0, 0.05) is 17.3 Å². The second-order valence-corrected chi connectivity index (χ2v) is 7.25. The molecule has 0 aliphatic rings. The molecule has 1 aromatic heterocycles. The fourth-order valence-electron chi connectivity index (χ4n) is 2.03. The zero-order chi connectivity index (χ0) is 16.5. The van der Waals surface area contributed by atoms with Gasteiger partial charge in [0.1, 0.15) is 5.60 Å². The molecule has 0 bridgehead atoms. The Balaban J connectivity index is 2.15. The van der Waals surface area contributed by atoms with Gasteiger partial charge in [-0.15, -0.1) is 11.3 Å². The Bertz CT molecular complexity index is 699. The predicted octanol–water partition coefficient (Wildman–Crippen LogP) is 4.34. The third-order valence-corrected chi connectivity index (χ3v) is 4.28. The van der Waals surface area contributed by atoms with Crippen molar-refractivity contribution in [2.75, 3.05) is 7.05 Å². The van der Waals surface area contributed by atoms with E-state index in [1.807, 2.05) is 23.6 Å². The van der Waals surface area contributed by atoms with Gasteiger partial charge < -0.3 is 9.64 Å². The van der Waals surface area contributed by atoms with Crippen LogP contribution in [0.4, 0.5) is 4.79 Å². The van der Waals surface area contributed by atoms with Crippen LogP contribution in [0.15, 0.2) is 29.6 Å². The number of ketones is 1. The zero-order valence-corrected chi connectivity index (χ0v) is 14.4. The third kappa shape index (κ3) is 3.65. The SMILES string of the molecule is C[C@H](C(=O)c1ccc2sccc2c1)N(C)C(=O)OC(C)(C)C. The topological polar surface area (TPSA) is 46.6 Å². The molecule has 0 aliphatic carbocycles. The highest BCUT2D eigenvalue weighted by Gasteiger charge is 2.27. The highest BCUT2D eigenvalue weighted by atomic mass is 32.1. The molecule has 5 heteroatoms. The first kappa shape index (κ1) is 16.5. The van der Waals surface area contributed by atoms with Crippen LogP contribution in [0, 0.1) is 0 Å². The van der Waals surface area contributed by atoms with E-state index in [4.69, 9.17) is 4.74 Å². The largest absolute Gasteiger partial charge is 0.444 e. The van der Waals surface area contributed by atoms with Crippen LogP contribution in [0.25, 0.3) is 10.1 Å². The summed E-state index contributed by atoms with van der Waals surface area (Å²) in [6, 6.07) is 7.02. The van der Waals surface area contributed by atoms with E-state index in [2.05, 4.69) is 0 Å². The van der Waals surface area contributed by atoms with Crippen molar-refractivity contribution in [2.24, 2.45) is 0 Å². The summed E-state index contributed by atoms with van der Waals surface area (Å²) in [6.07, 6.45) is -0.495. The average molecular weight is 319 g/mol. The molecule has 0 saturated heterocycles. The first-order chi connectivity index (χ1) is 10.2. The molecule has 22 heavy (non-hydrogen) atoms. The van der Waals surface area contributed by atoms with E-state index < -0.39 is 17.7 Å². The summed E-state index contributed by atoms with van der Waals surface area (Å²) in [4.78, 5) is 26.0. The number of nitrogens with zero attached hydrogens (tertiary/aromatic N) is 1. The number of carbonyl (C=O) groups is 2. The standard InChI is InChI=1S/C17H21NO3S/c1-11(18(5)16(20)21-17(2,3)4)15(19)13-6-7-14-12(10-13)8-9-22-14/h6-11H,1-5H3/t11-/m1/s1. The first-order valence-electron chi connectivity index (χ1n) is 7.16. The molecule has 0 unspecified atom stereocenters. The van der Waals surface area contributed by atoms with E-state index in [0.29, 0.717) is 5.56 Å². The Morgan fingerprint density at radius 2 is 1.91 bits per heavy atom. The first-order valence-corrected chi connectivity index (χ1v) is 8.04. The summed E-state index contributed by atoms with van der Waals surface area (Å²) in [7, 11) is 1.58. The molecule has 0 saturated carbocycles. The van der Waals surface area contributed by atoms with Crippen molar-refractivity contribution in [1.29, 1.82) is 0 Å². The van der Waals surface area contributed by atoms with Gasteiger partial charge in [-0.05, 0) is 62.7 Å². The average Bonchev–Trinajstić information content (AvgIpc) is 2.90. The van der Waals surface area contributed by atoms with Gasteiger partial charge in [0.15, 0.2) is 5.78 Å². The smallest absolute Gasteiger partial charge is 0.410 e. The summed E-state index contributed by atoms with van der Waals surface area (Å²) in [5, 5.41) is 3.04. The second-order valence-electron chi connectivity index (χ2n) is 6.30. The molecule has 4 nitrogen and oxygen atoms in total. The van der Waals surface area contributed by atoms with Crippen molar-refractivity contribution in [1.82, 2.24) is 4.90 Å². The molecule has 2 aromatic rings. The van der Waals surface area contributed by atoms with E-state index >= 15 is 0 Å². The lowest BCUT2D eigenvalue weighted by Crippen LogP contribution is -2.43. The Morgan fingerprint density at radius 3 is 2.55 bits per heavy atom. The highest BCUT2D eigenvalue weighted by molar-refractivity contribution is 7.17. The summed E-state index contributed by atoms with van der Waals surface area (Å²) < 4.78 is 6.44. The van der Waals surface area contributed by atoms with Gasteiger partial charge in [0.2, 0.25) is 0 Å². The van der Waals surface area contributed by atoms with Gasteiger partial charge in [0.25, 0.3) is 0 Å². The van der Waals surface area contributed by atoms with Gasteiger partial charge in [-0.2, -0.15) is 0 Å². The lowest BCUT2D eigenvalue weighted by molar-refractivity contribution is 0.0231. The molecule has 1 atom stereocenters. The Hall–Kier alpha value is -1.88. The maximum absolute atomic E-state index is 12.6. The minimum absolute atomic E-state index is 0.0959. The van der Waals surface area contributed by atoms with Gasteiger partial charge in [-0.1, -0.05) is 0 Å². The van der Waals surface area contributed by atoms with Crippen molar-refractivity contribution >= 4 is 33.3 Å². The molecule has 0 fully saturated rings. The Morgan fingerprint density at radius 1 is 1.23 bits per heavy atom. The maximum Gasteiger partial charge on any atom is 0.410 e. The number of amides is 1. The fourth-order valence-corrected chi connectivity index (χ4v) is 2.80. The molecule has 0 spiro atoms. The highest BCUT2D eigenvalue weighted by Crippen LogP contribution is 2.23. The molecule has 0 aliphatic heterocycles. The number of hydrogen-bond acceptors (Lipinski definition) is 4. The third-order valence-electron chi connectivity index (χ3n) is 3.38. The molecule has 0 radical (unpaired) electrons. The van der Waals surface area contributed by atoms with E-state index in [1.165, 1.54) is 4.90 Å². The summed E-state index contributed by atoms with van der Waals surface area (Å²) in [5.74, 6) is -0.0959. The monoisotopic (exact) mass is 319 g/mol. The van der Waals surface area contributed by atoms with Crippen molar-refractivity contribution in [3.05, 3.63) is 35.2 Å². The van der Waals surface area contributed by atoms with Crippen LogP contribution in [-0.4, -0.2) is 35.5 Å². The fraction of sp³-hybridized carbons (Fsp3) is 0.412. The van der Waals surface area contributed by atoms with Crippen LogP contribution in [0.5, 0.6) is 0 Å². The Kier molecular flexibility index (Phi) is 4.56. The molecule has 0 N–H and O–H groups in total. The van der Waals surface area contributed by atoms with Gasteiger partial charge in [-0.25, -0.2) is 4.79 Å². The lowest BCUT2D eigenvalue weighted by Gasteiger charge is -2.28. The minimum atomic E-state index is -0.580. The summed E-state index contributed by atoms with van der Waals surface area (Å²) >= 11 is 1.64. The number of likely N-dealkylation sites (N-methyl/N-ethyl adjacent to an activating group) is 1. The van der Waals surface area contributed by atoms with E-state index in [0.717, 1.165) is 10.1 Å². The van der Waals surface area contributed by atoms with E-state index in [-0.39, 0.29) is 5.78 Å². The number of benzene rings is 1. The number of fused-ring (bicyclic) bond motifs is 1. The van der Waals surface area contributed by atoms with Crippen LogP contribution < -0.4 is 0 Å². The van der Waals surface area contributed by atoms with Gasteiger partial charge in [-0.3, -0.25) is 4.79 Å². The van der Waals surface area contributed by atoms with Gasteiger partial charge >= 0.3 is 6.09 Å². The van der Waals surface area contributed by atoms with Crippen molar-refractivity contribution in [3.8, 4) is 0 Å². The second kappa shape index (κ2) is 6.08. The molecule has 118 valence electrons. The maximum atomic E-state index is 12.6. The summed E-state index contributed by atoms with van der Waals surface area (Å²) in [6.45, 7) is 7.12. The quantitative estimate of drug-likeness (QED) is 0.791. The van der Waals surface area contributed by atoms with Crippen molar-refractivity contribution < 1.29 is 14.3 Å². The zero-order valence-electron chi connectivity index (χ0n) is 13.5. The molecule has 1 aromatic carbocycles. The number of carbonyl (C=O) groups excluding carboxylic acids is 2. The van der Waals surface area contributed by atoms with E-state index in [9.17, 15) is 9.59 Å². The molecular formula is C17H21NO3S. The van der Waals surface area contributed by atoms with Crippen LogP contribution in [0.1, 0.15) is 38.1 Å². The number of ether oxygens (including phenoxy) is 1. The number of rotatable bonds is 3. The van der Waals surface area contributed by atoms with Crippen LogP contribution in [0.2, 0.25) is 0 Å². The van der Waals surface area contributed by atoms with E-state index in [1.54, 1.807) is 52.1 Å². The molecular weight excluding hydrogens is 298 g/mol. The Labute approximate surface area is 134 Å². The number of Topliss-reactive ketones (excluding diaryl/α,β-unsaturated/α-hetero) is 1. The molecule has 2 rings (SSSR count). The summed E-state index contributed by atoms with van der Waals surface area (Å²) in [5.41, 5.74) is 0.0257. The lowest BCUT2D eigenvalue weighted by atomic mass is 10.0.